The van der Waals surface area contributed by atoms with Gasteiger partial charge in [0.15, 0.2) is 0 Å². The summed E-state index contributed by atoms with van der Waals surface area (Å²) in [5.74, 6) is -3.06. The highest BCUT2D eigenvalue weighted by molar-refractivity contribution is 6.06. The van der Waals surface area contributed by atoms with Crippen molar-refractivity contribution >= 4 is 46.8 Å². The average Bonchev–Trinajstić information content (AvgIpc) is 3.58. The first kappa shape index (κ1) is 36.7. The van der Waals surface area contributed by atoms with E-state index in [1.54, 1.807) is 49.4 Å². The number of nitrogens with zero attached hydrogens (tertiary/aromatic N) is 1. The van der Waals surface area contributed by atoms with Gasteiger partial charge in [-0.1, -0.05) is 61.5 Å². The fourth-order valence-corrected chi connectivity index (χ4v) is 6.40. The number of fused-ring (bicyclic) bond motifs is 1. The van der Waals surface area contributed by atoms with Crippen molar-refractivity contribution in [2.24, 2.45) is 5.92 Å². The van der Waals surface area contributed by atoms with Gasteiger partial charge in [0.25, 0.3) is 11.8 Å². The van der Waals surface area contributed by atoms with E-state index in [4.69, 9.17) is 9.47 Å². The number of benzene rings is 4. The highest BCUT2D eigenvalue weighted by atomic mass is 19.1. The fourth-order valence-electron chi connectivity index (χ4n) is 6.40. The van der Waals surface area contributed by atoms with Crippen LogP contribution in [0.5, 0.6) is 0 Å². The number of ether oxygens (including phenoxy) is 2. The third kappa shape index (κ3) is 9.05. The molecule has 1 fully saturated rings. The minimum absolute atomic E-state index is 0.0613. The molecule has 1 saturated heterocycles. The van der Waals surface area contributed by atoms with E-state index in [1.807, 2.05) is 36.4 Å². The van der Waals surface area contributed by atoms with Gasteiger partial charge in [-0.2, -0.15) is 0 Å². The lowest BCUT2D eigenvalue weighted by Crippen LogP contribution is -2.53. The van der Waals surface area contributed by atoms with E-state index in [2.05, 4.69) is 21.3 Å². The summed E-state index contributed by atoms with van der Waals surface area (Å²) >= 11 is 0. The molecule has 0 bridgehead atoms. The van der Waals surface area contributed by atoms with Crippen LogP contribution in [0.3, 0.4) is 0 Å². The van der Waals surface area contributed by atoms with Crippen molar-refractivity contribution in [2.75, 3.05) is 29.2 Å². The smallest absolute Gasteiger partial charge is 0.411 e. The van der Waals surface area contributed by atoms with Gasteiger partial charge < -0.3 is 30.3 Å². The Balaban J connectivity index is 1.13. The molecule has 4 N–H and O–H groups in total. The maximum atomic E-state index is 15.2. The summed E-state index contributed by atoms with van der Waals surface area (Å²) in [7, 11) is 0. The molecule has 273 valence electrons. The first-order valence-corrected chi connectivity index (χ1v) is 17.3. The number of rotatable bonds is 11. The minimum atomic E-state index is -1.12. The largest absolute Gasteiger partial charge is 0.444 e. The van der Waals surface area contributed by atoms with Crippen LogP contribution in [0, 0.1) is 18.2 Å². The van der Waals surface area contributed by atoms with Crippen LogP contribution < -0.4 is 21.3 Å². The van der Waals surface area contributed by atoms with E-state index in [0.29, 0.717) is 43.0 Å². The topological polar surface area (TPSA) is 155 Å². The molecule has 2 aliphatic heterocycles. The van der Waals surface area contributed by atoms with Crippen LogP contribution in [-0.4, -0.2) is 53.9 Å². The van der Waals surface area contributed by atoms with Crippen LogP contribution in [0.1, 0.15) is 52.9 Å². The Bertz CT molecular complexity index is 1970. The molecular formula is C40H39FN5O7. The number of hydrogen-bond acceptors (Lipinski definition) is 7. The maximum Gasteiger partial charge on any atom is 0.411 e. The highest BCUT2D eigenvalue weighted by Gasteiger charge is 2.43. The lowest BCUT2D eigenvalue weighted by atomic mass is 9.90. The van der Waals surface area contributed by atoms with E-state index in [1.165, 1.54) is 23.5 Å². The second-order valence-electron chi connectivity index (χ2n) is 12.7. The molecule has 0 saturated carbocycles. The van der Waals surface area contributed by atoms with Gasteiger partial charge in [-0.05, 0) is 77.9 Å². The molecule has 4 aromatic carbocycles. The predicted molar refractivity (Wildman–Crippen MR) is 195 cm³/mol. The summed E-state index contributed by atoms with van der Waals surface area (Å²) in [5.41, 5.74) is 2.83. The second kappa shape index (κ2) is 17.0. The Kier molecular flexibility index (Phi) is 11.7. The number of nitrogens with one attached hydrogen (secondary N) is 4. The summed E-state index contributed by atoms with van der Waals surface area (Å²) in [4.78, 5) is 67.5. The summed E-state index contributed by atoms with van der Waals surface area (Å²) in [6, 6.07) is 24.2. The molecule has 6 rings (SSSR count). The predicted octanol–water partition coefficient (Wildman–Crippen LogP) is 5.98. The highest BCUT2D eigenvalue weighted by Crippen LogP contribution is 2.36. The quantitative estimate of drug-likeness (QED) is 0.149. The molecule has 1 radical (unpaired) electrons. The molecule has 0 aromatic heterocycles. The van der Waals surface area contributed by atoms with Crippen molar-refractivity contribution in [1.29, 1.82) is 0 Å². The summed E-state index contributed by atoms with van der Waals surface area (Å²) < 4.78 is 25.9. The van der Waals surface area contributed by atoms with Crippen molar-refractivity contribution in [3.8, 4) is 0 Å². The fraction of sp³-hybridized carbons (Fsp3) is 0.250. The van der Waals surface area contributed by atoms with Crippen molar-refractivity contribution < 1.29 is 37.8 Å². The number of carbonyl (C=O) groups excluding carboxylic acids is 5. The van der Waals surface area contributed by atoms with Crippen molar-refractivity contribution in [1.82, 2.24) is 10.2 Å². The van der Waals surface area contributed by atoms with Gasteiger partial charge in [0, 0.05) is 43.1 Å². The normalized spacial score (nSPS) is 15.8. The molecule has 4 aromatic rings. The monoisotopic (exact) mass is 720 g/mol. The Morgan fingerprint density at radius 3 is 2.26 bits per heavy atom. The number of hydrogen-bond donors (Lipinski definition) is 4. The van der Waals surface area contributed by atoms with Crippen molar-refractivity contribution in [3.05, 3.63) is 132 Å². The van der Waals surface area contributed by atoms with Crippen LogP contribution in [0.4, 0.5) is 26.2 Å². The van der Waals surface area contributed by atoms with Crippen molar-refractivity contribution in [3.63, 3.8) is 0 Å². The Labute approximate surface area is 306 Å². The molecule has 2 aliphatic rings. The van der Waals surface area contributed by atoms with E-state index in [0.717, 1.165) is 17.2 Å². The lowest BCUT2D eigenvalue weighted by Gasteiger charge is -2.34. The molecule has 0 spiro atoms. The van der Waals surface area contributed by atoms with E-state index < -0.39 is 47.6 Å². The molecule has 13 heteroatoms. The van der Waals surface area contributed by atoms with Gasteiger partial charge in [0.05, 0.1) is 5.69 Å². The van der Waals surface area contributed by atoms with Crippen LogP contribution >= 0.6 is 0 Å². The zero-order chi connectivity index (χ0) is 37.3. The first-order chi connectivity index (χ1) is 25.7. The van der Waals surface area contributed by atoms with Gasteiger partial charge in [-0.25, -0.2) is 9.18 Å². The molecule has 5 amide bonds. The molecular weight excluding hydrogens is 681 g/mol. The summed E-state index contributed by atoms with van der Waals surface area (Å²) in [6.45, 7) is 2.70. The SMILES string of the molecule is C[CH]C(=O)N[C@H](C(=O)N1Cc2ccccc2[C@H]1C(=O)Nc1cc(C(=O)Nc2ccc(NC(=O)OCc3ccccc3)cc2)ccc1F)C1CCOCC1. The first-order valence-electron chi connectivity index (χ1n) is 17.3. The molecule has 0 unspecified atom stereocenters. The average molecular weight is 721 g/mol. The minimum Gasteiger partial charge on any atom is -0.444 e. The van der Waals surface area contributed by atoms with Gasteiger partial charge >= 0.3 is 6.09 Å². The molecule has 2 atom stereocenters. The zero-order valence-corrected chi connectivity index (χ0v) is 29.0. The van der Waals surface area contributed by atoms with E-state index in [9.17, 15) is 24.0 Å². The van der Waals surface area contributed by atoms with Crippen LogP contribution in [-0.2, 0) is 37.0 Å². The molecule has 0 aliphatic carbocycles. The standard InChI is InChI=1S/C40H39FN5O7/c1-2-34(47)45-35(26-18-20-52-21-19-26)39(50)46-23-28-10-6-7-11-31(28)36(46)38(49)44-33-22-27(12-17-32(33)41)37(48)42-29-13-15-30(16-14-29)43-40(51)53-24-25-8-4-3-5-9-25/h2-17,22,26,35-36H,18-21,23-24H2,1H3,(H,42,48)(H,43,51)(H,44,49)(H,45,47)/t35-,36-/m0/s1. The number of amides is 5. The van der Waals surface area contributed by atoms with Crippen LogP contribution in [0.25, 0.3) is 0 Å². The maximum absolute atomic E-state index is 15.2. The Morgan fingerprint density at radius 1 is 0.868 bits per heavy atom. The Hall–Kier alpha value is -6.08. The number of carbonyl (C=O) groups is 5. The Morgan fingerprint density at radius 2 is 1.55 bits per heavy atom. The van der Waals surface area contributed by atoms with E-state index >= 15 is 4.39 Å². The third-order valence-electron chi connectivity index (χ3n) is 9.19. The zero-order valence-electron chi connectivity index (χ0n) is 29.0. The second-order valence-corrected chi connectivity index (χ2v) is 12.7. The lowest BCUT2D eigenvalue weighted by molar-refractivity contribution is -0.143. The third-order valence-corrected chi connectivity index (χ3v) is 9.19. The van der Waals surface area contributed by atoms with Gasteiger partial charge in [0.2, 0.25) is 11.8 Å². The number of halogens is 1. The summed E-state index contributed by atoms with van der Waals surface area (Å²) in [6.07, 6.45) is 1.82. The molecule has 12 nitrogen and oxygen atoms in total. The van der Waals surface area contributed by atoms with Crippen LogP contribution in [0.15, 0.2) is 97.1 Å². The molecule has 53 heavy (non-hydrogen) atoms. The van der Waals surface area contributed by atoms with Gasteiger partial charge in [-0.15, -0.1) is 0 Å². The van der Waals surface area contributed by atoms with Gasteiger partial charge in [0.1, 0.15) is 24.5 Å². The summed E-state index contributed by atoms with van der Waals surface area (Å²) in [5, 5.41) is 10.8. The van der Waals surface area contributed by atoms with E-state index in [-0.39, 0.29) is 30.3 Å². The van der Waals surface area contributed by atoms with Crippen LogP contribution in [0.2, 0.25) is 0 Å². The van der Waals surface area contributed by atoms with Crippen molar-refractivity contribution in [2.45, 2.75) is 45.0 Å². The van der Waals surface area contributed by atoms with Gasteiger partial charge in [-0.3, -0.25) is 24.5 Å². The molecule has 2 heterocycles. The number of anilines is 3.